The third-order valence-electron chi connectivity index (χ3n) is 5.32. The lowest BCUT2D eigenvalue weighted by Crippen LogP contribution is -2.44. The van der Waals surface area contributed by atoms with Crippen LogP contribution in [0.15, 0.2) is 18.2 Å². The molecule has 3 unspecified atom stereocenters. The molecule has 1 heterocycles. The Morgan fingerprint density at radius 3 is 2.95 bits per heavy atom. The standard InChI is InChI=1S/C18H28N2O/c1-3-4-13-9-10-20(12-13)17-8-6-14-5-7-15(21-2)11-16(14)18(17)19/h5,7,11,13,17-18H,3-4,6,8-10,12,19H2,1-2H3. The Hall–Kier alpha value is -1.06. The predicted octanol–water partition coefficient (Wildman–Crippen LogP) is 3.13. The third-order valence-corrected chi connectivity index (χ3v) is 5.32. The van der Waals surface area contributed by atoms with Crippen molar-refractivity contribution in [3.63, 3.8) is 0 Å². The van der Waals surface area contributed by atoms with Crippen molar-refractivity contribution in [3.05, 3.63) is 29.3 Å². The molecule has 3 nitrogen and oxygen atoms in total. The van der Waals surface area contributed by atoms with Crippen LogP contribution >= 0.6 is 0 Å². The van der Waals surface area contributed by atoms with E-state index in [2.05, 4.69) is 30.0 Å². The van der Waals surface area contributed by atoms with Crippen LogP contribution in [0.4, 0.5) is 0 Å². The summed E-state index contributed by atoms with van der Waals surface area (Å²) in [7, 11) is 1.73. The monoisotopic (exact) mass is 288 g/mol. The molecule has 3 atom stereocenters. The van der Waals surface area contributed by atoms with E-state index in [4.69, 9.17) is 10.5 Å². The fourth-order valence-electron chi connectivity index (χ4n) is 4.15. The van der Waals surface area contributed by atoms with Gasteiger partial charge >= 0.3 is 0 Å². The number of benzene rings is 1. The Kier molecular flexibility index (Phi) is 4.51. The van der Waals surface area contributed by atoms with Gasteiger partial charge in [0.2, 0.25) is 0 Å². The van der Waals surface area contributed by atoms with Crippen molar-refractivity contribution in [3.8, 4) is 5.75 Å². The highest BCUT2D eigenvalue weighted by Crippen LogP contribution is 2.36. The van der Waals surface area contributed by atoms with Gasteiger partial charge in [-0.15, -0.1) is 0 Å². The zero-order chi connectivity index (χ0) is 14.8. The first-order valence-corrected chi connectivity index (χ1v) is 8.39. The molecule has 0 aromatic heterocycles. The molecule has 0 amide bonds. The summed E-state index contributed by atoms with van der Waals surface area (Å²) in [5, 5.41) is 0. The zero-order valence-corrected chi connectivity index (χ0v) is 13.3. The summed E-state index contributed by atoms with van der Waals surface area (Å²) in [5.74, 6) is 1.81. The van der Waals surface area contributed by atoms with Gasteiger partial charge in [-0.2, -0.15) is 0 Å². The molecule has 1 fully saturated rings. The number of hydrogen-bond donors (Lipinski definition) is 1. The van der Waals surface area contributed by atoms with Gasteiger partial charge in [0, 0.05) is 18.6 Å². The maximum absolute atomic E-state index is 6.62. The molecular formula is C18H28N2O. The molecule has 0 radical (unpaired) electrons. The highest BCUT2D eigenvalue weighted by Gasteiger charge is 2.35. The van der Waals surface area contributed by atoms with E-state index in [0.717, 1.165) is 18.1 Å². The molecule has 2 aliphatic rings. The van der Waals surface area contributed by atoms with Crippen LogP contribution in [-0.2, 0) is 6.42 Å². The molecule has 0 spiro atoms. The van der Waals surface area contributed by atoms with Crippen LogP contribution in [0.25, 0.3) is 0 Å². The maximum atomic E-state index is 6.62. The van der Waals surface area contributed by atoms with E-state index in [1.165, 1.54) is 49.9 Å². The van der Waals surface area contributed by atoms with Crippen LogP contribution in [0.3, 0.4) is 0 Å². The van der Waals surface area contributed by atoms with Gasteiger partial charge < -0.3 is 10.5 Å². The summed E-state index contributed by atoms with van der Waals surface area (Å²) in [6, 6.07) is 7.02. The Balaban J connectivity index is 1.74. The predicted molar refractivity (Wildman–Crippen MR) is 86.6 cm³/mol. The number of hydrogen-bond acceptors (Lipinski definition) is 3. The third kappa shape index (κ3) is 2.95. The molecule has 0 saturated carbocycles. The first-order chi connectivity index (χ1) is 10.2. The number of rotatable bonds is 4. The van der Waals surface area contributed by atoms with Crippen LogP contribution < -0.4 is 10.5 Å². The van der Waals surface area contributed by atoms with Gasteiger partial charge in [-0.3, -0.25) is 4.90 Å². The lowest BCUT2D eigenvalue weighted by atomic mass is 9.83. The smallest absolute Gasteiger partial charge is 0.119 e. The lowest BCUT2D eigenvalue weighted by molar-refractivity contribution is 0.183. The van der Waals surface area contributed by atoms with Gasteiger partial charge in [0.05, 0.1) is 7.11 Å². The summed E-state index contributed by atoms with van der Waals surface area (Å²) < 4.78 is 5.37. The van der Waals surface area contributed by atoms with Gasteiger partial charge in [-0.1, -0.05) is 19.4 Å². The SMILES string of the molecule is CCCC1CCN(C2CCc3ccc(OC)cc3C2N)C1. The molecular weight excluding hydrogens is 260 g/mol. The topological polar surface area (TPSA) is 38.5 Å². The van der Waals surface area contributed by atoms with Gasteiger partial charge in [0.15, 0.2) is 0 Å². The quantitative estimate of drug-likeness (QED) is 0.925. The van der Waals surface area contributed by atoms with E-state index < -0.39 is 0 Å². The van der Waals surface area contributed by atoms with Crippen molar-refractivity contribution in [2.75, 3.05) is 20.2 Å². The van der Waals surface area contributed by atoms with E-state index in [-0.39, 0.29) is 6.04 Å². The van der Waals surface area contributed by atoms with Crippen molar-refractivity contribution in [1.82, 2.24) is 4.90 Å². The van der Waals surface area contributed by atoms with Crippen molar-refractivity contribution in [2.45, 2.75) is 51.1 Å². The van der Waals surface area contributed by atoms with Crippen LogP contribution in [0.5, 0.6) is 5.75 Å². The normalized spacial score (nSPS) is 29.4. The first kappa shape index (κ1) is 14.9. The largest absolute Gasteiger partial charge is 0.497 e. The number of methoxy groups -OCH3 is 1. The molecule has 1 aromatic carbocycles. The van der Waals surface area contributed by atoms with Crippen molar-refractivity contribution in [2.24, 2.45) is 11.7 Å². The van der Waals surface area contributed by atoms with E-state index in [1.807, 2.05) is 0 Å². The summed E-state index contributed by atoms with van der Waals surface area (Å²) in [6.45, 7) is 4.76. The van der Waals surface area contributed by atoms with E-state index in [0.29, 0.717) is 6.04 Å². The Labute approximate surface area is 128 Å². The minimum atomic E-state index is 0.129. The molecule has 1 saturated heterocycles. The highest BCUT2D eigenvalue weighted by atomic mass is 16.5. The van der Waals surface area contributed by atoms with Crippen molar-refractivity contribution in [1.29, 1.82) is 0 Å². The second kappa shape index (κ2) is 6.37. The second-order valence-electron chi connectivity index (χ2n) is 6.63. The van der Waals surface area contributed by atoms with Crippen molar-refractivity contribution >= 4 is 0 Å². The second-order valence-corrected chi connectivity index (χ2v) is 6.63. The molecule has 1 aliphatic heterocycles. The van der Waals surface area contributed by atoms with Gasteiger partial charge in [-0.25, -0.2) is 0 Å². The number of nitrogens with two attached hydrogens (primary N) is 1. The van der Waals surface area contributed by atoms with E-state index in [9.17, 15) is 0 Å². The van der Waals surface area contributed by atoms with Crippen LogP contribution in [0.2, 0.25) is 0 Å². The van der Waals surface area contributed by atoms with E-state index >= 15 is 0 Å². The fraction of sp³-hybridized carbons (Fsp3) is 0.667. The molecule has 3 heteroatoms. The number of fused-ring (bicyclic) bond motifs is 1. The van der Waals surface area contributed by atoms with Gasteiger partial charge in [0.25, 0.3) is 0 Å². The molecule has 2 N–H and O–H groups in total. The first-order valence-electron chi connectivity index (χ1n) is 8.39. The molecule has 21 heavy (non-hydrogen) atoms. The average molecular weight is 288 g/mol. The molecule has 1 aromatic rings. The zero-order valence-electron chi connectivity index (χ0n) is 13.3. The average Bonchev–Trinajstić information content (AvgIpc) is 2.96. The maximum Gasteiger partial charge on any atom is 0.119 e. The minimum absolute atomic E-state index is 0.129. The molecule has 1 aliphatic carbocycles. The molecule has 116 valence electrons. The summed E-state index contributed by atoms with van der Waals surface area (Å²) >= 11 is 0. The Bertz CT molecular complexity index is 488. The summed E-state index contributed by atoms with van der Waals surface area (Å²) in [6.07, 6.45) is 6.35. The Morgan fingerprint density at radius 2 is 2.19 bits per heavy atom. The number of ether oxygens (including phenoxy) is 1. The minimum Gasteiger partial charge on any atom is -0.497 e. The number of nitrogens with zero attached hydrogens (tertiary/aromatic N) is 1. The van der Waals surface area contributed by atoms with Crippen LogP contribution in [0.1, 0.15) is 49.8 Å². The molecule has 0 bridgehead atoms. The Morgan fingerprint density at radius 1 is 1.33 bits per heavy atom. The van der Waals surface area contributed by atoms with Gasteiger partial charge in [0.1, 0.15) is 5.75 Å². The van der Waals surface area contributed by atoms with Crippen molar-refractivity contribution < 1.29 is 4.74 Å². The number of aryl methyl sites for hydroxylation is 1. The lowest BCUT2D eigenvalue weighted by Gasteiger charge is -2.37. The summed E-state index contributed by atoms with van der Waals surface area (Å²) in [5.41, 5.74) is 9.32. The number of likely N-dealkylation sites (tertiary alicyclic amines) is 1. The fourth-order valence-corrected chi connectivity index (χ4v) is 4.15. The molecule has 3 rings (SSSR count). The van der Waals surface area contributed by atoms with Crippen LogP contribution in [-0.4, -0.2) is 31.1 Å². The highest BCUT2D eigenvalue weighted by molar-refractivity contribution is 5.40. The summed E-state index contributed by atoms with van der Waals surface area (Å²) in [4.78, 5) is 2.65. The van der Waals surface area contributed by atoms with E-state index in [1.54, 1.807) is 7.11 Å². The van der Waals surface area contributed by atoms with Crippen LogP contribution in [0, 0.1) is 5.92 Å². The van der Waals surface area contributed by atoms with Gasteiger partial charge in [-0.05, 0) is 61.4 Å².